The number of carbonyl (C=O) groups excluding carboxylic acids is 1. The van der Waals surface area contributed by atoms with Gasteiger partial charge in [-0.2, -0.15) is 0 Å². The third-order valence-electron chi connectivity index (χ3n) is 4.59. The van der Waals surface area contributed by atoms with Crippen LogP contribution in [0.15, 0.2) is 24.3 Å². The van der Waals surface area contributed by atoms with E-state index in [0.717, 1.165) is 37.7 Å². The van der Waals surface area contributed by atoms with E-state index in [2.05, 4.69) is 6.07 Å². The molecule has 19 heavy (non-hydrogen) atoms. The minimum atomic E-state index is -0.645. The molecular weight excluding hydrogens is 238 g/mol. The zero-order valence-electron chi connectivity index (χ0n) is 11.4. The van der Waals surface area contributed by atoms with Gasteiger partial charge in [-0.1, -0.05) is 37.1 Å². The molecule has 2 aliphatic carbocycles. The average Bonchev–Trinajstić information content (AvgIpc) is 2.77. The van der Waals surface area contributed by atoms with Gasteiger partial charge in [-0.3, -0.25) is 4.79 Å². The van der Waals surface area contributed by atoms with Gasteiger partial charge in [0.25, 0.3) is 0 Å². The number of rotatable bonds is 3. The molecule has 0 radical (unpaired) electrons. The number of carbonyl (C=O) groups is 1. The van der Waals surface area contributed by atoms with Gasteiger partial charge in [-0.25, -0.2) is 0 Å². The largest absolute Gasteiger partial charge is 0.388 e. The van der Waals surface area contributed by atoms with Crippen molar-refractivity contribution >= 4 is 5.91 Å². The Balaban J connectivity index is 1.65. The topological polar surface area (TPSA) is 40.5 Å². The summed E-state index contributed by atoms with van der Waals surface area (Å²) in [4.78, 5) is 14.2. The van der Waals surface area contributed by atoms with Gasteiger partial charge < -0.3 is 10.0 Å². The van der Waals surface area contributed by atoms with Crippen molar-refractivity contribution in [2.24, 2.45) is 0 Å². The fraction of sp³-hybridized carbons (Fsp3) is 0.562. The van der Waals surface area contributed by atoms with Crippen molar-refractivity contribution in [3.8, 4) is 0 Å². The average molecular weight is 259 g/mol. The van der Waals surface area contributed by atoms with E-state index in [1.54, 1.807) is 4.90 Å². The maximum Gasteiger partial charge on any atom is 0.230 e. The van der Waals surface area contributed by atoms with E-state index in [1.165, 1.54) is 5.56 Å². The first-order valence-electron chi connectivity index (χ1n) is 7.14. The minimum absolute atomic E-state index is 0.00574. The molecule has 3 rings (SSSR count). The van der Waals surface area contributed by atoms with Crippen LogP contribution in [0.5, 0.6) is 0 Å². The summed E-state index contributed by atoms with van der Waals surface area (Å²) in [5, 5.41) is 10.4. The van der Waals surface area contributed by atoms with Crippen LogP contribution >= 0.6 is 0 Å². The van der Waals surface area contributed by atoms with Crippen LogP contribution in [0.25, 0.3) is 0 Å². The van der Waals surface area contributed by atoms with Crippen molar-refractivity contribution in [2.75, 3.05) is 13.6 Å². The van der Waals surface area contributed by atoms with Gasteiger partial charge in [0.05, 0.1) is 11.5 Å². The molecule has 0 aromatic heterocycles. The van der Waals surface area contributed by atoms with E-state index in [4.69, 9.17) is 0 Å². The Kier molecular flexibility index (Phi) is 3.09. The molecule has 0 saturated heterocycles. The van der Waals surface area contributed by atoms with Crippen LogP contribution in [0.1, 0.15) is 42.7 Å². The van der Waals surface area contributed by atoms with Crippen LogP contribution in [0.4, 0.5) is 0 Å². The smallest absolute Gasteiger partial charge is 0.230 e. The van der Waals surface area contributed by atoms with Crippen LogP contribution in [0.3, 0.4) is 0 Å². The van der Waals surface area contributed by atoms with Gasteiger partial charge >= 0.3 is 0 Å². The number of likely N-dealkylation sites (N-methyl/N-ethyl adjacent to an activating group) is 1. The molecule has 0 spiro atoms. The second kappa shape index (κ2) is 4.64. The molecule has 3 nitrogen and oxygen atoms in total. The van der Waals surface area contributed by atoms with Crippen molar-refractivity contribution in [1.82, 2.24) is 4.90 Å². The summed E-state index contributed by atoms with van der Waals surface area (Å²) in [6, 6.07) is 8.14. The van der Waals surface area contributed by atoms with Crippen LogP contribution in [0.2, 0.25) is 0 Å². The molecule has 0 heterocycles. The van der Waals surface area contributed by atoms with Crippen molar-refractivity contribution in [2.45, 2.75) is 43.6 Å². The molecule has 1 unspecified atom stereocenters. The first-order valence-corrected chi connectivity index (χ1v) is 7.14. The lowest BCUT2D eigenvalue weighted by Gasteiger charge is -2.35. The molecule has 102 valence electrons. The number of nitrogens with zero attached hydrogens (tertiary/aromatic N) is 1. The fourth-order valence-corrected chi connectivity index (χ4v) is 3.46. The van der Waals surface area contributed by atoms with Crippen molar-refractivity contribution in [3.05, 3.63) is 35.4 Å². The summed E-state index contributed by atoms with van der Waals surface area (Å²) in [5.74, 6) is 0.158. The maximum absolute atomic E-state index is 12.4. The molecule has 2 aliphatic rings. The predicted molar refractivity (Wildman–Crippen MR) is 73.9 cm³/mol. The summed E-state index contributed by atoms with van der Waals surface area (Å²) in [6.07, 6.45) is 4.64. The number of hydrogen-bond donors (Lipinski definition) is 1. The zero-order valence-corrected chi connectivity index (χ0v) is 11.4. The van der Waals surface area contributed by atoms with Crippen LogP contribution < -0.4 is 0 Å². The van der Waals surface area contributed by atoms with E-state index in [1.807, 2.05) is 25.2 Å². The van der Waals surface area contributed by atoms with Crippen molar-refractivity contribution < 1.29 is 9.90 Å². The monoisotopic (exact) mass is 259 g/mol. The molecule has 0 aliphatic heterocycles. The molecule has 1 N–H and O–H groups in total. The summed E-state index contributed by atoms with van der Waals surface area (Å²) in [7, 11) is 1.82. The molecule has 1 fully saturated rings. The molecule has 3 heteroatoms. The van der Waals surface area contributed by atoms with Crippen LogP contribution in [-0.2, 0) is 11.2 Å². The highest BCUT2D eigenvalue weighted by atomic mass is 16.3. The highest BCUT2D eigenvalue weighted by molar-refractivity contribution is 5.86. The SMILES string of the molecule is CN(CC1(O)CCCC1)C(=O)C1Cc2ccccc21. The Bertz CT molecular complexity index is 491. The maximum atomic E-state index is 12.4. The van der Waals surface area contributed by atoms with Gasteiger partial charge in [0, 0.05) is 13.6 Å². The number of fused-ring (bicyclic) bond motifs is 1. The van der Waals surface area contributed by atoms with E-state index in [-0.39, 0.29) is 11.8 Å². The van der Waals surface area contributed by atoms with E-state index >= 15 is 0 Å². The third-order valence-corrected chi connectivity index (χ3v) is 4.59. The highest BCUT2D eigenvalue weighted by Gasteiger charge is 2.38. The Labute approximate surface area is 114 Å². The highest BCUT2D eigenvalue weighted by Crippen LogP contribution is 2.37. The number of benzene rings is 1. The van der Waals surface area contributed by atoms with Gasteiger partial charge in [-0.15, -0.1) is 0 Å². The van der Waals surface area contributed by atoms with Crippen molar-refractivity contribution in [3.63, 3.8) is 0 Å². The molecule has 1 atom stereocenters. The Hall–Kier alpha value is -1.35. The number of amides is 1. The predicted octanol–water partition coefficient (Wildman–Crippen LogP) is 2.09. The van der Waals surface area contributed by atoms with E-state index < -0.39 is 5.60 Å². The van der Waals surface area contributed by atoms with Gasteiger partial charge in [0.1, 0.15) is 0 Å². The molecular formula is C16H21NO2. The van der Waals surface area contributed by atoms with Crippen LogP contribution in [-0.4, -0.2) is 35.1 Å². The van der Waals surface area contributed by atoms with Crippen molar-refractivity contribution in [1.29, 1.82) is 0 Å². The number of aliphatic hydroxyl groups is 1. The van der Waals surface area contributed by atoms with Gasteiger partial charge in [-0.05, 0) is 30.4 Å². The second-order valence-electron chi connectivity index (χ2n) is 6.08. The van der Waals surface area contributed by atoms with E-state index in [0.29, 0.717) is 6.54 Å². The summed E-state index contributed by atoms with van der Waals surface area (Å²) in [5.41, 5.74) is 1.81. The van der Waals surface area contributed by atoms with E-state index in [9.17, 15) is 9.90 Å². The molecule has 0 bridgehead atoms. The third kappa shape index (κ3) is 2.27. The lowest BCUT2D eigenvalue weighted by molar-refractivity contribution is -0.135. The first-order chi connectivity index (χ1) is 9.09. The molecule has 1 aromatic carbocycles. The van der Waals surface area contributed by atoms with Gasteiger partial charge in [0.15, 0.2) is 0 Å². The zero-order chi connectivity index (χ0) is 13.5. The molecule has 1 amide bonds. The minimum Gasteiger partial charge on any atom is -0.388 e. The lowest BCUT2D eigenvalue weighted by Crippen LogP contribution is -2.45. The quantitative estimate of drug-likeness (QED) is 0.903. The van der Waals surface area contributed by atoms with Crippen LogP contribution in [0, 0.1) is 0 Å². The number of hydrogen-bond acceptors (Lipinski definition) is 2. The standard InChI is InChI=1S/C16H21NO2/c1-17(11-16(19)8-4-5-9-16)15(18)14-10-12-6-2-3-7-13(12)14/h2-3,6-7,14,19H,4-5,8-11H2,1H3. The lowest BCUT2D eigenvalue weighted by atomic mass is 9.77. The Morgan fingerprint density at radius 1 is 1.37 bits per heavy atom. The summed E-state index contributed by atoms with van der Waals surface area (Å²) in [6.45, 7) is 0.477. The second-order valence-corrected chi connectivity index (χ2v) is 6.08. The summed E-state index contributed by atoms with van der Waals surface area (Å²) >= 11 is 0. The Morgan fingerprint density at radius 3 is 2.74 bits per heavy atom. The fourth-order valence-electron chi connectivity index (χ4n) is 3.46. The molecule has 1 saturated carbocycles. The first kappa shape index (κ1) is 12.7. The Morgan fingerprint density at radius 2 is 2.05 bits per heavy atom. The molecule has 1 aromatic rings. The summed E-state index contributed by atoms with van der Waals surface area (Å²) < 4.78 is 0. The van der Waals surface area contributed by atoms with Gasteiger partial charge in [0.2, 0.25) is 5.91 Å². The normalized spacial score (nSPS) is 23.6.